The van der Waals surface area contributed by atoms with Gasteiger partial charge in [-0.3, -0.25) is 0 Å². The van der Waals surface area contributed by atoms with Crippen LogP contribution in [0.5, 0.6) is 0 Å². The van der Waals surface area contributed by atoms with Crippen LogP contribution in [-0.2, 0) is 0 Å². The van der Waals surface area contributed by atoms with Crippen molar-refractivity contribution in [2.24, 2.45) is 0 Å². The molecule has 3 N–H and O–H groups in total. The zero-order valence-electron chi connectivity index (χ0n) is 7.52. The Hall–Kier alpha value is -1.43. The Morgan fingerprint density at radius 3 is 3.00 bits per heavy atom. The van der Waals surface area contributed by atoms with Gasteiger partial charge in [-0.15, -0.1) is 0 Å². The van der Waals surface area contributed by atoms with Crippen molar-refractivity contribution >= 4 is 11.8 Å². The highest BCUT2D eigenvalue weighted by molar-refractivity contribution is 5.39. The molecule has 0 aromatic carbocycles. The lowest BCUT2D eigenvalue weighted by Gasteiger charge is -2.14. The van der Waals surface area contributed by atoms with E-state index in [4.69, 9.17) is 5.73 Å². The van der Waals surface area contributed by atoms with Crippen molar-refractivity contribution in [3.8, 4) is 0 Å². The van der Waals surface area contributed by atoms with Crippen LogP contribution >= 0.6 is 0 Å². The Balaban J connectivity index is 2.20. The predicted octanol–water partition coefficient (Wildman–Crippen LogP) is -0.231. The summed E-state index contributed by atoms with van der Waals surface area (Å²) in [5, 5.41) is 9.28. The Morgan fingerprint density at radius 2 is 2.43 bits per heavy atom. The number of β-amino-alcohol motifs (C(OH)–C–C–N with tert-alkyl or cyclic N) is 1. The Labute approximate surface area is 80.4 Å². The molecule has 0 amide bonds. The van der Waals surface area contributed by atoms with E-state index in [2.05, 4.69) is 9.97 Å². The summed E-state index contributed by atoms with van der Waals surface area (Å²) in [5.41, 5.74) is 5.31. The average Bonchev–Trinajstić information content (AvgIpc) is 2.57. The second kappa shape index (κ2) is 3.38. The molecular formula is C8H11FN4O. The van der Waals surface area contributed by atoms with E-state index in [0.717, 1.165) is 6.20 Å². The van der Waals surface area contributed by atoms with E-state index in [9.17, 15) is 9.50 Å². The molecule has 5 nitrogen and oxygen atoms in total. The number of nitrogens with two attached hydrogens (primary N) is 1. The van der Waals surface area contributed by atoms with Crippen molar-refractivity contribution < 1.29 is 9.50 Å². The van der Waals surface area contributed by atoms with Crippen LogP contribution in [0, 0.1) is 5.82 Å². The van der Waals surface area contributed by atoms with Gasteiger partial charge in [-0.05, 0) is 6.42 Å². The van der Waals surface area contributed by atoms with Crippen LogP contribution < -0.4 is 10.6 Å². The fourth-order valence-corrected chi connectivity index (χ4v) is 1.45. The fraction of sp³-hybridized carbons (Fsp3) is 0.500. The third-order valence-electron chi connectivity index (χ3n) is 2.20. The van der Waals surface area contributed by atoms with Crippen LogP contribution in [0.1, 0.15) is 6.42 Å². The minimum atomic E-state index is -0.617. The highest BCUT2D eigenvalue weighted by Crippen LogP contribution is 2.17. The van der Waals surface area contributed by atoms with Crippen molar-refractivity contribution in [1.82, 2.24) is 9.97 Å². The van der Waals surface area contributed by atoms with Crippen LogP contribution in [0.4, 0.5) is 16.2 Å². The molecule has 0 bridgehead atoms. The second-order valence-corrected chi connectivity index (χ2v) is 3.29. The maximum absolute atomic E-state index is 12.7. The van der Waals surface area contributed by atoms with Crippen molar-refractivity contribution in [2.75, 3.05) is 23.7 Å². The largest absolute Gasteiger partial charge is 0.391 e. The zero-order valence-corrected chi connectivity index (χ0v) is 7.52. The molecule has 1 aliphatic rings. The highest BCUT2D eigenvalue weighted by Gasteiger charge is 2.22. The second-order valence-electron chi connectivity index (χ2n) is 3.29. The molecule has 0 saturated carbocycles. The number of hydrogen-bond acceptors (Lipinski definition) is 5. The molecule has 76 valence electrons. The van der Waals surface area contributed by atoms with Gasteiger partial charge in [0.1, 0.15) is 0 Å². The van der Waals surface area contributed by atoms with Crippen molar-refractivity contribution in [3.05, 3.63) is 12.0 Å². The summed E-state index contributed by atoms with van der Waals surface area (Å²) >= 11 is 0. The molecule has 1 aromatic heterocycles. The molecule has 0 aliphatic carbocycles. The predicted molar refractivity (Wildman–Crippen MR) is 49.2 cm³/mol. The average molecular weight is 198 g/mol. The topological polar surface area (TPSA) is 75.3 Å². The number of aliphatic hydroxyl groups excluding tert-OH is 1. The summed E-state index contributed by atoms with van der Waals surface area (Å²) in [6, 6.07) is 0. The first-order valence-corrected chi connectivity index (χ1v) is 4.38. The third kappa shape index (κ3) is 1.60. The minimum Gasteiger partial charge on any atom is -0.391 e. The van der Waals surface area contributed by atoms with Gasteiger partial charge in [-0.2, -0.15) is 4.98 Å². The van der Waals surface area contributed by atoms with E-state index in [1.807, 2.05) is 0 Å². The molecule has 1 aliphatic heterocycles. The standard InChI is InChI=1S/C8H11FN4O/c9-6-3-11-8(12-7(6)10)13-2-1-5(14)4-13/h3,5,14H,1-2,4H2,(H2,10,11,12). The van der Waals surface area contributed by atoms with E-state index in [1.54, 1.807) is 4.90 Å². The quantitative estimate of drug-likeness (QED) is 0.652. The normalized spacial score (nSPS) is 21.6. The number of hydrogen-bond donors (Lipinski definition) is 2. The Morgan fingerprint density at radius 1 is 1.64 bits per heavy atom. The van der Waals surface area contributed by atoms with Gasteiger partial charge >= 0.3 is 0 Å². The number of rotatable bonds is 1. The minimum absolute atomic E-state index is 0.156. The summed E-state index contributed by atoms with van der Waals surface area (Å²) in [5.74, 6) is -0.398. The van der Waals surface area contributed by atoms with E-state index in [1.165, 1.54) is 0 Å². The van der Waals surface area contributed by atoms with Crippen LogP contribution in [0.3, 0.4) is 0 Å². The lowest BCUT2D eigenvalue weighted by Crippen LogP contribution is -2.23. The zero-order chi connectivity index (χ0) is 10.1. The van der Waals surface area contributed by atoms with Gasteiger partial charge in [0.15, 0.2) is 11.6 Å². The first-order valence-electron chi connectivity index (χ1n) is 4.38. The van der Waals surface area contributed by atoms with Crippen LogP contribution in [0.25, 0.3) is 0 Å². The molecule has 0 radical (unpaired) electrons. The van der Waals surface area contributed by atoms with E-state index in [0.29, 0.717) is 25.5 Å². The van der Waals surface area contributed by atoms with Crippen molar-refractivity contribution in [2.45, 2.75) is 12.5 Å². The van der Waals surface area contributed by atoms with Crippen LogP contribution in [-0.4, -0.2) is 34.3 Å². The number of aromatic nitrogens is 2. The van der Waals surface area contributed by atoms with Crippen molar-refractivity contribution in [3.63, 3.8) is 0 Å². The summed E-state index contributed by atoms with van der Waals surface area (Å²) in [6.07, 6.45) is 1.37. The molecular weight excluding hydrogens is 187 g/mol. The molecule has 1 saturated heterocycles. The van der Waals surface area contributed by atoms with Gasteiger partial charge in [-0.25, -0.2) is 9.37 Å². The van der Waals surface area contributed by atoms with Crippen LogP contribution in [0.15, 0.2) is 6.20 Å². The van der Waals surface area contributed by atoms with Gasteiger partial charge in [-0.1, -0.05) is 0 Å². The van der Waals surface area contributed by atoms with Gasteiger partial charge < -0.3 is 15.7 Å². The first kappa shape index (κ1) is 9.14. The molecule has 1 unspecified atom stereocenters. The maximum atomic E-state index is 12.7. The lowest BCUT2D eigenvalue weighted by molar-refractivity contribution is 0.198. The fourth-order valence-electron chi connectivity index (χ4n) is 1.45. The molecule has 1 fully saturated rings. The van der Waals surface area contributed by atoms with E-state index < -0.39 is 5.82 Å². The molecule has 1 atom stereocenters. The van der Waals surface area contributed by atoms with E-state index in [-0.39, 0.29) is 11.9 Å². The molecule has 1 aromatic rings. The number of nitrogen functional groups attached to an aromatic ring is 1. The Bertz CT molecular complexity index is 346. The third-order valence-corrected chi connectivity index (χ3v) is 2.20. The van der Waals surface area contributed by atoms with Gasteiger partial charge in [0.25, 0.3) is 0 Å². The van der Waals surface area contributed by atoms with E-state index >= 15 is 0 Å². The molecule has 14 heavy (non-hydrogen) atoms. The molecule has 6 heteroatoms. The monoisotopic (exact) mass is 198 g/mol. The summed E-state index contributed by atoms with van der Waals surface area (Å²) < 4.78 is 12.7. The maximum Gasteiger partial charge on any atom is 0.227 e. The number of halogens is 1. The van der Waals surface area contributed by atoms with Gasteiger partial charge in [0.05, 0.1) is 12.3 Å². The smallest absolute Gasteiger partial charge is 0.227 e. The Kier molecular flexibility index (Phi) is 2.20. The number of aliphatic hydroxyl groups is 1. The lowest BCUT2D eigenvalue weighted by atomic mass is 10.3. The first-order chi connectivity index (χ1) is 6.66. The molecule has 0 spiro atoms. The summed E-state index contributed by atoms with van der Waals surface area (Å²) in [6.45, 7) is 1.15. The SMILES string of the molecule is Nc1nc(N2CCC(O)C2)ncc1F. The van der Waals surface area contributed by atoms with Crippen LogP contribution in [0.2, 0.25) is 0 Å². The number of nitrogens with zero attached hydrogens (tertiary/aromatic N) is 3. The van der Waals surface area contributed by atoms with Crippen molar-refractivity contribution in [1.29, 1.82) is 0 Å². The summed E-state index contributed by atoms with van der Waals surface area (Å²) in [4.78, 5) is 9.38. The number of anilines is 2. The molecule has 2 rings (SSSR count). The van der Waals surface area contributed by atoms with Gasteiger partial charge in [0.2, 0.25) is 5.95 Å². The summed E-state index contributed by atoms with van der Waals surface area (Å²) in [7, 11) is 0. The molecule has 2 heterocycles. The highest BCUT2D eigenvalue weighted by atomic mass is 19.1. The van der Waals surface area contributed by atoms with Gasteiger partial charge in [0, 0.05) is 13.1 Å².